The smallest absolute Gasteiger partial charge is 0.255 e. The molecule has 1 aromatic rings. The molecule has 3 rings (SSSR count). The van der Waals surface area contributed by atoms with Gasteiger partial charge in [0.2, 0.25) is 11.8 Å². The number of rotatable bonds is 11. The average Bonchev–Trinajstić information content (AvgIpc) is 3.09. The van der Waals surface area contributed by atoms with Crippen molar-refractivity contribution in [2.45, 2.75) is 30.3 Å². The molecule has 1 unspecified atom stereocenters. The van der Waals surface area contributed by atoms with Gasteiger partial charge in [0.25, 0.3) is 5.91 Å². The van der Waals surface area contributed by atoms with E-state index in [0.717, 1.165) is 0 Å². The van der Waals surface area contributed by atoms with E-state index >= 15 is 0 Å². The molecule has 0 spiro atoms. The lowest BCUT2D eigenvalue weighted by atomic mass is 10.0. The van der Waals surface area contributed by atoms with Crippen LogP contribution in [0.2, 0.25) is 0 Å². The van der Waals surface area contributed by atoms with Crippen LogP contribution in [-0.2, 0) is 35.4 Å². The predicted molar refractivity (Wildman–Crippen MR) is 110 cm³/mol. The summed E-state index contributed by atoms with van der Waals surface area (Å²) in [5, 5.41) is 5.54. The van der Waals surface area contributed by atoms with Crippen molar-refractivity contribution in [2.24, 2.45) is 5.11 Å². The molecule has 2 aliphatic heterocycles. The Morgan fingerprint density at radius 2 is 1.91 bits per heavy atom. The number of nitrogens with zero attached hydrogens (tertiary/aromatic N) is 4. The lowest BCUT2D eigenvalue weighted by molar-refractivity contribution is -0.136. The number of imide groups is 1. The van der Waals surface area contributed by atoms with E-state index in [2.05, 4.69) is 15.3 Å². The number of hydrogen-bond donors (Lipinski definition) is 1. The maximum Gasteiger partial charge on any atom is 0.255 e. The van der Waals surface area contributed by atoms with Gasteiger partial charge in [-0.25, -0.2) is 8.42 Å². The van der Waals surface area contributed by atoms with Gasteiger partial charge in [-0.05, 0) is 24.1 Å². The van der Waals surface area contributed by atoms with Gasteiger partial charge in [-0.15, -0.1) is 0 Å². The van der Waals surface area contributed by atoms with E-state index in [0.29, 0.717) is 5.56 Å². The molecule has 2 heterocycles. The Balaban J connectivity index is 1.60. The second-order valence-corrected chi connectivity index (χ2v) is 9.26. The maximum atomic E-state index is 12.9. The minimum atomic E-state index is -3.74. The highest BCUT2D eigenvalue weighted by Crippen LogP contribution is 2.32. The van der Waals surface area contributed by atoms with Crippen molar-refractivity contribution in [3.05, 3.63) is 39.8 Å². The normalized spacial score (nSPS) is 18.3. The van der Waals surface area contributed by atoms with Crippen LogP contribution >= 0.6 is 0 Å². The second kappa shape index (κ2) is 10.6. The summed E-state index contributed by atoms with van der Waals surface area (Å²) in [6.07, 6.45) is 0.319. The van der Waals surface area contributed by atoms with Crippen LogP contribution in [0.1, 0.15) is 28.8 Å². The Kier molecular flexibility index (Phi) is 7.80. The molecule has 1 N–H and O–H groups in total. The average molecular weight is 465 g/mol. The van der Waals surface area contributed by atoms with Gasteiger partial charge in [0.15, 0.2) is 9.84 Å². The van der Waals surface area contributed by atoms with Gasteiger partial charge >= 0.3 is 0 Å². The highest BCUT2D eigenvalue weighted by atomic mass is 32.2. The Hall–Kier alpha value is -2.99. The highest BCUT2D eigenvalue weighted by Gasteiger charge is 2.40. The molecule has 3 amide bonds. The van der Waals surface area contributed by atoms with Crippen LogP contribution in [-0.4, -0.2) is 75.8 Å². The standard InChI is InChI=1S/C19H23N5O7S/c20-23-21-6-7-30-8-9-31-10-11-32(28,29)16-3-1-2-13-14(16)12-24(19(13)27)15-4-5-17(25)22-18(15)26/h1-3,15H,4-12H2,(H,22,25,26). The number of carbonyl (C=O) groups excluding carboxylic acids is 3. The molecule has 0 bridgehead atoms. The van der Waals surface area contributed by atoms with E-state index in [1.54, 1.807) is 0 Å². The van der Waals surface area contributed by atoms with Crippen molar-refractivity contribution in [1.82, 2.24) is 10.2 Å². The molecule has 13 heteroatoms. The van der Waals surface area contributed by atoms with E-state index < -0.39 is 27.7 Å². The largest absolute Gasteiger partial charge is 0.379 e. The van der Waals surface area contributed by atoms with Crippen molar-refractivity contribution in [3.63, 3.8) is 0 Å². The Labute approximate surface area is 184 Å². The molecule has 1 saturated heterocycles. The van der Waals surface area contributed by atoms with Gasteiger partial charge in [-0.1, -0.05) is 11.2 Å². The molecule has 12 nitrogen and oxygen atoms in total. The first-order chi connectivity index (χ1) is 15.3. The van der Waals surface area contributed by atoms with Crippen LogP contribution in [0, 0.1) is 0 Å². The highest BCUT2D eigenvalue weighted by molar-refractivity contribution is 7.91. The number of fused-ring (bicyclic) bond motifs is 1. The van der Waals surface area contributed by atoms with Crippen molar-refractivity contribution >= 4 is 27.6 Å². The fourth-order valence-corrected chi connectivity index (χ4v) is 4.99. The molecular formula is C19H23N5O7S. The zero-order valence-electron chi connectivity index (χ0n) is 17.2. The summed E-state index contributed by atoms with van der Waals surface area (Å²) < 4.78 is 36.3. The van der Waals surface area contributed by atoms with Gasteiger partial charge in [-0.2, -0.15) is 0 Å². The van der Waals surface area contributed by atoms with Crippen molar-refractivity contribution in [3.8, 4) is 0 Å². The summed E-state index contributed by atoms with van der Waals surface area (Å²) in [6.45, 7) is 0.794. The van der Waals surface area contributed by atoms with E-state index in [1.807, 2.05) is 0 Å². The zero-order chi connectivity index (χ0) is 23.1. The summed E-state index contributed by atoms with van der Waals surface area (Å²) in [5.41, 5.74) is 8.75. The van der Waals surface area contributed by atoms with Crippen LogP contribution in [0.5, 0.6) is 0 Å². The predicted octanol–water partition coefficient (Wildman–Crippen LogP) is 0.565. The number of azide groups is 1. The number of sulfone groups is 1. The first-order valence-electron chi connectivity index (χ1n) is 10.0. The van der Waals surface area contributed by atoms with E-state index in [1.165, 1.54) is 23.1 Å². The Bertz CT molecular complexity index is 1050. The summed E-state index contributed by atoms with van der Waals surface area (Å²) in [5.74, 6) is -1.66. The Morgan fingerprint density at radius 1 is 1.16 bits per heavy atom. The molecule has 32 heavy (non-hydrogen) atoms. The van der Waals surface area contributed by atoms with Gasteiger partial charge in [0, 0.05) is 35.5 Å². The van der Waals surface area contributed by atoms with Gasteiger partial charge in [0.05, 0.1) is 37.1 Å². The SMILES string of the molecule is [N-]=[N+]=NCCOCCOCCS(=O)(=O)c1cccc2c1CN(C1CCC(=O)NC1=O)C2=O. The topological polar surface area (TPSA) is 168 Å². The Morgan fingerprint density at radius 3 is 2.62 bits per heavy atom. The quantitative estimate of drug-likeness (QED) is 0.164. The summed E-state index contributed by atoms with van der Waals surface area (Å²) in [7, 11) is -3.74. The number of piperidine rings is 1. The molecule has 0 saturated carbocycles. The summed E-state index contributed by atoms with van der Waals surface area (Å²) in [6, 6.07) is 3.65. The van der Waals surface area contributed by atoms with Crippen LogP contribution in [0.15, 0.2) is 28.2 Å². The fraction of sp³-hybridized carbons (Fsp3) is 0.526. The first kappa shape index (κ1) is 23.7. The number of benzene rings is 1. The molecule has 0 radical (unpaired) electrons. The number of hydrogen-bond acceptors (Lipinski definition) is 8. The first-order valence-corrected chi connectivity index (χ1v) is 11.7. The molecule has 0 aliphatic carbocycles. The molecule has 1 aromatic carbocycles. The number of carbonyl (C=O) groups is 3. The number of ether oxygens (including phenoxy) is 2. The van der Waals surface area contributed by atoms with Crippen molar-refractivity contribution < 1.29 is 32.3 Å². The molecule has 2 aliphatic rings. The lowest BCUT2D eigenvalue weighted by Crippen LogP contribution is -2.52. The summed E-state index contributed by atoms with van der Waals surface area (Å²) >= 11 is 0. The van der Waals surface area contributed by atoms with E-state index in [4.69, 9.17) is 15.0 Å². The van der Waals surface area contributed by atoms with Gasteiger partial charge in [-0.3, -0.25) is 19.7 Å². The van der Waals surface area contributed by atoms with Crippen molar-refractivity contribution in [1.29, 1.82) is 0 Å². The molecular weight excluding hydrogens is 442 g/mol. The number of nitrogens with one attached hydrogen (secondary N) is 1. The molecule has 1 fully saturated rings. The third-order valence-corrected chi connectivity index (χ3v) is 6.90. The fourth-order valence-electron chi connectivity index (χ4n) is 3.60. The van der Waals surface area contributed by atoms with Gasteiger partial charge in [0.1, 0.15) is 6.04 Å². The second-order valence-electron chi connectivity index (χ2n) is 7.18. The molecule has 172 valence electrons. The van der Waals surface area contributed by atoms with Gasteiger partial charge < -0.3 is 14.4 Å². The third kappa shape index (κ3) is 5.43. The van der Waals surface area contributed by atoms with Crippen LogP contribution in [0.3, 0.4) is 0 Å². The van der Waals surface area contributed by atoms with E-state index in [-0.39, 0.29) is 74.5 Å². The minimum absolute atomic E-state index is 0.0181. The monoisotopic (exact) mass is 465 g/mol. The molecule has 0 aromatic heterocycles. The van der Waals surface area contributed by atoms with E-state index in [9.17, 15) is 22.8 Å². The lowest BCUT2D eigenvalue weighted by Gasteiger charge is -2.29. The van der Waals surface area contributed by atoms with Crippen LogP contribution in [0.25, 0.3) is 10.4 Å². The summed E-state index contributed by atoms with van der Waals surface area (Å²) in [4.78, 5) is 40.3. The maximum absolute atomic E-state index is 12.9. The third-order valence-electron chi connectivity index (χ3n) is 5.14. The molecule has 1 atom stereocenters. The zero-order valence-corrected chi connectivity index (χ0v) is 18.0. The number of amides is 3. The van der Waals surface area contributed by atoms with Crippen LogP contribution in [0.4, 0.5) is 0 Å². The minimum Gasteiger partial charge on any atom is -0.379 e. The van der Waals surface area contributed by atoms with Crippen molar-refractivity contribution in [2.75, 3.05) is 38.7 Å². The van der Waals surface area contributed by atoms with Crippen LogP contribution < -0.4 is 5.32 Å².